The Balaban J connectivity index is 1.88. The fourth-order valence-corrected chi connectivity index (χ4v) is 4.09. The molecule has 21 heavy (non-hydrogen) atoms. The van der Waals surface area contributed by atoms with Gasteiger partial charge in [0.1, 0.15) is 0 Å². The molecule has 1 aromatic carbocycles. The number of aryl methyl sites for hydroxylation is 1. The van der Waals surface area contributed by atoms with Crippen LogP contribution in [-0.2, 0) is 11.2 Å². The standard InChI is InChI=1S/C18H25NO2/c20-18(21)13-15-9-5-6-12-19(15)17-11-4-2-8-14-7-1-3-10-16(14)17/h1,3,7,10,15,17H,2,4-6,8-9,11-13H2,(H,20,21). The third-order valence-electron chi connectivity index (χ3n) is 5.07. The number of aliphatic carboxylic acids is 1. The van der Waals surface area contributed by atoms with E-state index in [-0.39, 0.29) is 6.04 Å². The molecule has 2 atom stereocenters. The quantitative estimate of drug-likeness (QED) is 0.860. The van der Waals surface area contributed by atoms with E-state index in [1.54, 1.807) is 0 Å². The summed E-state index contributed by atoms with van der Waals surface area (Å²) in [5.41, 5.74) is 2.92. The second kappa shape index (κ2) is 6.61. The Hall–Kier alpha value is -1.35. The minimum absolute atomic E-state index is 0.215. The Labute approximate surface area is 127 Å². The zero-order valence-electron chi connectivity index (χ0n) is 12.6. The van der Waals surface area contributed by atoms with Gasteiger partial charge in [0.2, 0.25) is 0 Å². The molecular weight excluding hydrogens is 262 g/mol. The Kier molecular flexibility index (Phi) is 4.59. The van der Waals surface area contributed by atoms with Crippen molar-refractivity contribution in [2.45, 2.75) is 63.5 Å². The maximum absolute atomic E-state index is 11.2. The summed E-state index contributed by atoms with van der Waals surface area (Å²) in [6.07, 6.45) is 8.54. The van der Waals surface area contributed by atoms with Gasteiger partial charge < -0.3 is 5.11 Å². The third kappa shape index (κ3) is 3.29. The van der Waals surface area contributed by atoms with E-state index in [9.17, 15) is 9.90 Å². The van der Waals surface area contributed by atoms with Crippen LogP contribution in [0.1, 0.15) is 62.1 Å². The Morgan fingerprint density at radius 1 is 1.14 bits per heavy atom. The minimum atomic E-state index is -0.659. The van der Waals surface area contributed by atoms with Crippen LogP contribution >= 0.6 is 0 Å². The van der Waals surface area contributed by atoms with E-state index < -0.39 is 5.97 Å². The van der Waals surface area contributed by atoms with Gasteiger partial charge in [-0.3, -0.25) is 9.69 Å². The van der Waals surface area contributed by atoms with Crippen LogP contribution in [-0.4, -0.2) is 28.6 Å². The summed E-state index contributed by atoms with van der Waals surface area (Å²) < 4.78 is 0. The van der Waals surface area contributed by atoms with Gasteiger partial charge in [-0.05, 0) is 49.8 Å². The number of hydrogen-bond donors (Lipinski definition) is 1. The molecule has 1 fully saturated rings. The molecule has 1 aromatic rings. The predicted octanol–water partition coefficient (Wildman–Crippen LogP) is 3.78. The number of carbonyl (C=O) groups is 1. The molecule has 1 N–H and O–H groups in total. The number of likely N-dealkylation sites (tertiary alicyclic amines) is 1. The van der Waals surface area contributed by atoms with Crippen LogP contribution in [0.4, 0.5) is 0 Å². The summed E-state index contributed by atoms with van der Waals surface area (Å²) in [6.45, 7) is 1.05. The molecule has 0 aromatic heterocycles. The molecule has 0 radical (unpaired) electrons. The number of fused-ring (bicyclic) bond motifs is 1. The average molecular weight is 287 g/mol. The number of nitrogens with zero attached hydrogens (tertiary/aromatic N) is 1. The first kappa shape index (κ1) is 14.6. The van der Waals surface area contributed by atoms with Crippen molar-refractivity contribution >= 4 is 5.97 Å². The van der Waals surface area contributed by atoms with E-state index in [1.165, 1.54) is 49.7 Å². The molecule has 3 rings (SSSR count). The lowest BCUT2D eigenvalue weighted by Gasteiger charge is -2.41. The molecule has 1 heterocycles. The van der Waals surface area contributed by atoms with Crippen molar-refractivity contribution in [3.63, 3.8) is 0 Å². The summed E-state index contributed by atoms with van der Waals surface area (Å²) in [4.78, 5) is 13.7. The highest BCUT2D eigenvalue weighted by molar-refractivity contribution is 5.67. The molecule has 3 nitrogen and oxygen atoms in total. The second-order valence-corrected chi connectivity index (χ2v) is 6.45. The van der Waals surface area contributed by atoms with Gasteiger partial charge in [-0.15, -0.1) is 0 Å². The van der Waals surface area contributed by atoms with E-state index in [4.69, 9.17) is 0 Å². The number of carboxylic acids is 1. The fourth-order valence-electron chi connectivity index (χ4n) is 4.09. The van der Waals surface area contributed by atoms with E-state index in [1.807, 2.05) is 0 Å². The van der Waals surface area contributed by atoms with Gasteiger partial charge in [0.25, 0.3) is 0 Å². The summed E-state index contributed by atoms with van der Waals surface area (Å²) >= 11 is 0. The normalized spacial score (nSPS) is 26.9. The van der Waals surface area contributed by atoms with Crippen molar-refractivity contribution in [2.24, 2.45) is 0 Å². The fraction of sp³-hybridized carbons (Fsp3) is 0.611. The number of piperidine rings is 1. The molecule has 1 aliphatic carbocycles. The number of carboxylic acid groups (broad SMARTS) is 1. The van der Waals surface area contributed by atoms with Crippen LogP contribution in [0.5, 0.6) is 0 Å². The molecule has 2 aliphatic rings. The maximum atomic E-state index is 11.2. The molecule has 0 spiro atoms. The molecule has 0 amide bonds. The molecule has 1 saturated heterocycles. The zero-order chi connectivity index (χ0) is 14.7. The van der Waals surface area contributed by atoms with Crippen molar-refractivity contribution in [1.82, 2.24) is 4.90 Å². The molecule has 1 aliphatic heterocycles. The number of benzene rings is 1. The largest absolute Gasteiger partial charge is 0.481 e. The first-order valence-electron chi connectivity index (χ1n) is 8.31. The summed E-state index contributed by atoms with van der Waals surface area (Å²) in [7, 11) is 0. The highest BCUT2D eigenvalue weighted by Gasteiger charge is 2.32. The van der Waals surface area contributed by atoms with Gasteiger partial charge in [-0.25, -0.2) is 0 Å². The lowest BCUT2D eigenvalue weighted by atomic mass is 9.91. The van der Waals surface area contributed by atoms with Crippen LogP contribution in [0.2, 0.25) is 0 Å². The van der Waals surface area contributed by atoms with Crippen LogP contribution in [0.3, 0.4) is 0 Å². The Morgan fingerprint density at radius 2 is 1.95 bits per heavy atom. The lowest BCUT2D eigenvalue weighted by molar-refractivity contribution is -0.139. The summed E-state index contributed by atoms with van der Waals surface area (Å²) in [6, 6.07) is 9.42. The van der Waals surface area contributed by atoms with Crippen molar-refractivity contribution in [1.29, 1.82) is 0 Å². The molecule has 2 unspecified atom stereocenters. The van der Waals surface area contributed by atoms with Crippen molar-refractivity contribution in [3.05, 3.63) is 35.4 Å². The highest BCUT2D eigenvalue weighted by atomic mass is 16.4. The van der Waals surface area contributed by atoms with Crippen LogP contribution in [0.15, 0.2) is 24.3 Å². The number of hydrogen-bond acceptors (Lipinski definition) is 2. The summed E-state index contributed by atoms with van der Waals surface area (Å²) in [5.74, 6) is -0.659. The summed E-state index contributed by atoms with van der Waals surface area (Å²) in [5, 5.41) is 9.21. The van der Waals surface area contributed by atoms with Crippen LogP contribution < -0.4 is 0 Å². The van der Waals surface area contributed by atoms with E-state index in [0.717, 1.165) is 13.0 Å². The third-order valence-corrected chi connectivity index (χ3v) is 5.07. The highest BCUT2D eigenvalue weighted by Crippen LogP contribution is 2.37. The zero-order valence-corrected chi connectivity index (χ0v) is 12.6. The molecule has 114 valence electrons. The Morgan fingerprint density at radius 3 is 2.81 bits per heavy atom. The van der Waals surface area contributed by atoms with Gasteiger partial charge in [0, 0.05) is 12.1 Å². The first-order valence-corrected chi connectivity index (χ1v) is 8.31. The van der Waals surface area contributed by atoms with Crippen molar-refractivity contribution < 1.29 is 9.90 Å². The lowest BCUT2D eigenvalue weighted by Crippen LogP contribution is -2.43. The predicted molar refractivity (Wildman–Crippen MR) is 83.3 cm³/mol. The van der Waals surface area contributed by atoms with Crippen molar-refractivity contribution in [2.75, 3.05) is 6.54 Å². The second-order valence-electron chi connectivity index (χ2n) is 6.45. The van der Waals surface area contributed by atoms with Crippen LogP contribution in [0.25, 0.3) is 0 Å². The molecule has 3 heteroatoms. The van der Waals surface area contributed by atoms with Gasteiger partial charge >= 0.3 is 5.97 Å². The van der Waals surface area contributed by atoms with Gasteiger partial charge in [0.05, 0.1) is 6.42 Å². The minimum Gasteiger partial charge on any atom is -0.481 e. The topological polar surface area (TPSA) is 40.5 Å². The van der Waals surface area contributed by atoms with Crippen molar-refractivity contribution in [3.8, 4) is 0 Å². The average Bonchev–Trinajstić information content (AvgIpc) is 2.70. The SMILES string of the molecule is O=C(O)CC1CCCCN1C1CCCCc2ccccc21. The first-order chi connectivity index (χ1) is 10.3. The van der Waals surface area contributed by atoms with Gasteiger partial charge in [-0.1, -0.05) is 37.1 Å². The Bertz CT molecular complexity index is 500. The molecule has 0 bridgehead atoms. The van der Waals surface area contributed by atoms with Gasteiger partial charge in [0.15, 0.2) is 0 Å². The molecular formula is C18H25NO2. The van der Waals surface area contributed by atoms with E-state index >= 15 is 0 Å². The molecule has 0 saturated carbocycles. The smallest absolute Gasteiger partial charge is 0.304 e. The van der Waals surface area contributed by atoms with Crippen LogP contribution in [0, 0.1) is 0 Å². The van der Waals surface area contributed by atoms with E-state index in [0.29, 0.717) is 12.5 Å². The van der Waals surface area contributed by atoms with E-state index in [2.05, 4.69) is 29.2 Å². The maximum Gasteiger partial charge on any atom is 0.304 e. The number of rotatable bonds is 3. The van der Waals surface area contributed by atoms with Gasteiger partial charge in [-0.2, -0.15) is 0 Å². The monoisotopic (exact) mass is 287 g/mol.